The number of nitrogens with zero attached hydrogens (tertiary/aromatic N) is 8. The van der Waals surface area contributed by atoms with Crippen molar-refractivity contribution < 1.29 is 43.6 Å². The molecule has 6 aromatic rings. The molecule has 58 heavy (non-hydrogen) atoms. The van der Waals surface area contributed by atoms with Gasteiger partial charge in [0.25, 0.3) is 10.2 Å². The molecule has 0 spiro atoms. The van der Waals surface area contributed by atoms with Crippen molar-refractivity contribution in [3.05, 3.63) is 151 Å². The Morgan fingerprint density at radius 3 is 2.05 bits per heavy atom. The van der Waals surface area contributed by atoms with Crippen LogP contribution in [0.4, 0.5) is 9.59 Å². The number of unbranched alkanes of at least 4 members (excludes halogenated alkanes) is 1. The Hall–Kier alpha value is -7.41. The first-order chi connectivity index (χ1) is 28.1. The molecule has 0 N–H and O–H groups in total. The molecule has 0 aliphatic carbocycles. The number of carbonyl (C=O) groups excluding carboxylic acids is 2. The predicted molar refractivity (Wildman–Crippen MR) is 202 cm³/mol. The molecular formula is C38H33ClN8O11. The minimum atomic E-state index is -1.01. The summed E-state index contributed by atoms with van der Waals surface area (Å²) < 4.78 is 18.0. The Morgan fingerprint density at radius 2 is 1.41 bits per heavy atom. The van der Waals surface area contributed by atoms with Crippen molar-refractivity contribution in [2.24, 2.45) is 0 Å². The zero-order valence-corrected chi connectivity index (χ0v) is 31.4. The summed E-state index contributed by atoms with van der Waals surface area (Å²) in [5.41, 5.74) is 4.38. The molecule has 0 fully saturated rings. The monoisotopic (exact) mass is 812 g/mol. The van der Waals surface area contributed by atoms with Crippen LogP contribution in [0.1, 0.15) is 48.0 Å². The summed E-state index contributed by atoms with van der Waals surface area (Å²) in [4.78, 5) is 60.6. The summed E-state index contributed by atoms with van der Waals surface area (Å²) in [5, 5.41) is 31.6. The second-order valence-corrected chi connectivity index (χ2v) is 12.8. The van der Waals surface area contributed by atoms with Crippen molar-refractivity contribution in [3.8, 4) is 34.0 Å². The van der Waals surface area contributed by atoms with E-state index in [4.69, 9.17) is 25.8 Å². The van der Waals surface area contributed by atoms with Gasteiger partial charge in [0.2, 0.25) is 5.82 Å². The number of aryl methyl sites for hydroxylation is 1. The summed E-state index contributed by atoms with van der Waals surface area (Å²) in [6, 6.07) is 27.2. The molecule has 0 atom stereocenters. The van der Waals surface area contributed by atoms with E-state index >= 15 is 0 Å². The van der Waals surface area contributed by atoms with Gasteiger partial charge in [-0.1, -0.05) is 103 Å². The first kappa shape index (κ1) is 40.3. The van der Waals surface area contributed by atoms with Crippen LogP contribution in [0.2, 0.25) is 5.15 Å². The third kappa shape index (κ3) is 10.7. The van der Waals surface area contributed by atoms with E-state index in [-0.39, 0.29) is 42.3 Å². The van der Waals surface area contributed by atoms with Gasteiger partial charge >= 0.3 is 12.2 Å². The average Bonchev–Trinajstić information content (AvgIpc) is 3.83. The number of tetrazole rings is 1. The van der Waals surface area contributed by atoms with Crippen LogP contribution in [-0.2, 0) is 47.2 Å². The zero-order chi connectivity index (χ0) is 41.0. The molecule has 0 aliphatic rings. The smallest absolute Gasteiger partial charge is 0.427 e. The number of benzene rings is 4. The molecule has 0 bridgehead atoms. The van der Waals surface area contributed by atoms with E-state index in [1.54, 1.807) is 36.4 Å². The predicted octanol–water partition coefficient (Wildman–Crippen LogP) is 7.43. The number of hydrogen-bond donors (Lipinski definition) is 0. The van der Waals surface area contributed by atoms with Crippen LogP contribution in [-0.4, -0.2) is 52.2 Å². The van der Waals surface area contributed by atoms with Crippen LogP contribution < -0.4 is 9.47 Å². The standard InChI is InChI=1S/C38H33ClN8O11/c1-2-3-14-34-40-35(39)33(24-54-38(49)58-30-11-7-9-27(20-30)23-56-47(52)53)44(34)21-25-15-17-28(18-16-25)31-12-4-5-13-32(31)36-41-43-45(42-36)37(48)57-29-10-6-8-26(19-29)22-55-46(50)51/h4-13,15-20H,2-3,14,21-24H2,1H3. The molecule has 2 aromatic heterocycles. The van der Waals surface area contributed by atoms with E-state index in [0.29, 0.717) is 40.1 Å². The van der Waals surface area contributed by atoms with Crippen LogP contribution in [0.15, 0.2) is 97.1 Å². The van der Waals surface area contributed by atoms with Crippen molar-refractivity contribution >= 4 is 23.8 Å². The maximum Gasteiger partial charge on any atom is 0.514 e. The fraction of sp³-hybridized carbons (Fsp3) is 0.211. The van der Waals surface area contributed by atoms with E-state index in [9.17, 15) is 29.8 Å². The average molecular weight is 813 g/mol. The highest BCUT2D eigenvalue weighted by Gasteiger charge is 2.20. The number of halogens is 1. The molecule has 0 amide bonds. The van der Waals surface area contributed by atoms with Crippen molar-refractivity contribution in [1.29, 1.82) is 0 Å². The molecule has 20 heteroatoms. The molecule has 6 rings (SSSR count). The zero-order valence-electron chi connectivity index (χ0n) is 30.6. The highest BCUT2D eigenvalue weighted by molar-refractivity contribution is 6.30. The van der Waals surface area contributed by atoms with E-state index in [2.05, 4.69) is 37.0 Å². The lowest BCUT2D eigenvalue weighted by Gasteiger charge is -2.14. The first-order valence-electron chi connectivity index (χ1n) is 17.6. The molecular weight excluding hydrogens is 780 g/mol. The molecule has 0 saturated heterocycles. The number of ether oxygens (including phenoxy) is 3. The summed E-state index contributed by atoms with van der Waals surface area (Å²) in [7, 11) is 0. The third-order valence-electron chi connectivity index (χ3n) is 8.41. The normalized spacial score (nSPS) is 10.8. The van der Waals surface area contributed by atoms with Gasteiger partial charge in [-0.2, -0.15) is 0 Å². The largest absolute Gasteiger partial charge is 0.514 e. The fourth-order valence-corrected chi connectivity index (χ4v) is 5.96. The molecule has 2 heterocycles. The number of rotatable bonds is 17. The van der Waals surface area contributed by atoms with Crippen LogP contribution in [0.3, 0.4) is 0 Å². The van der Waals surface area contributed by atoms with Gasteiger partial charge in [-0.25, -0.2) is 14.6 Å². The van der Waals surface area contributed by atoms with Gasteiger partial charge in [0.1, 0.15) is 37.1 Å². The fourth-order valence-electron chi connectivity index (χ4n) is 5.70. The molecule has 0 unspecified atom stereocenters. The number of carbonyl (C=O) groups is 2. The number of hydrogen-bond acceptors (Lipinski definition) is 15. The van der Waals surface area contributed by atoms with Crippen LogP contribution in [0.5, 0.6) is 11.5 Å². The SMILES string of the molecule is CCCCc1nc(Cl)c(COC(=O)Oc2cccc(CO[N+](=O)[O-])c2)n1Cc1ccc(-c2ccccc2-c2nnn(C(=O)Oc3cccc(CO[N+](=O)[O-])c3)n2)cc1. The molecule has 0 aliphatic heterocycles. The third-order valence-corrected chi connectivity index (χ3v) is 8.71. The summed E-state index contributed by atoms with van der Waals surface area (Å²) >= 11 is 6.58. The highest BCUT2D eigenvalue weighted by Crippen LogP contribution is 2.31. The molecule has 4 aromatic carbocycles. The van der Waals surface area contributed by atoms with Crippen molar-refractivity contribution in [2.75, 3.05) is 0 Å². The minimum Gasteiger partial charge on any atom is -0.427 e. The molecule has 0 saturated carbocycles. The second kappa shape index (κ2) is 19.0. The molecule has 298 valence electrons. The quantitative estimate of drug-likeness (QED) is 0.0377. The summed E-state index contributed by atoms with van der Waals surface area (Å²) in [6.45, 7) is 1.55. The van der Waals surface area contributed by atoms with E-state index in [1.807, 2.05) is 41.0 Å². The van der Waals surface area contributed by atoms with Gasteiger partial charge < -0.3 is 28.5 Å². The van der Waals surface area contributed by atoms with Gasteiger partial charge in [0.15, 0.2) is 5.15 Å². The van der Waals surface area contributed by atoms with Gasteiger partial charge in [-0.05, 0) is 63.7 Å². The topological polar surface area (TPSA) is 228 Å². The Morgan fingerprint density at radius 1 is 0.776 bits per heavy atom. The molecule has 19 nitrogen and oxygen atoms in total. The van der Waals surface area contributed by atoms with E-state index < -0.39 is 22.4 Å². The second-order valence-electron chi connectivity index (χ2n) is 12.4. The minimum absolute atomic E-state index is 0.106. The highest BCUT2D eigenvalue weighted by atomic mass is 35.5. The van der Waals surface area contributed by atoms with Gasteiger partial charge in [-0.3, -0.25) is 0 Å². The first-order valence-corrected chi connectivity index (χ1v) is 18.0. The maximum atomic E-state index is 12.9. The van der Waals surface area contributed by atoms with E-state index in [1.165, 1.54) is 24.3 Å². The Bertz CT molecular complexity index is 2420. The van der Waals surface area contributed by atoms with Crippen molar-refractivity contribution in [3.63, 3.8) is 0 Å². The number of aromatic nitrogens is 6. The van der Waals surface area contributed by atoms with E-state index in [0.717, 1.165) is 35.4 Å². The molecule has 0 radical (unpaired) electrons. The maximum absolute atomic E-state index is 12.9. The van der Waals surface area contributed by atoms with Gasteiger partial charge in [-0.15, -0.1) is 30.4 Å². The Balaban J connectivity index is 1.14. The van der Waals surface area contributed by atoms with Crippen molar-refractivity contribution in [1.82, 2.24) is 29.8 Å². The van der Waals surface area contributed by atoms with Crippen LogP contribution >= 0.6 is 11.6 Å². The lowest BCUT2D eigenvalue weighted by Crippen LogP contribution is -2.20. The van der Waals surface area contributed by atoms with Crippen LogP contribution in [0.25, 0.3) is 22.5 Å². The lowest BCUT2D eigenvalue weighted by molar-refractivity contribution is -0.763. The Kier molecular flexibility index (Phi) is 13.2. The lowest BCUT2D eigenvalue weighted by atomic mass is 9.98. The van der Waals surface area contributed by atoms with Crippen LogP contribution in [0, 0.1) is 20.2 Å². The summed E-state index contributed by atoms with van der Waals surface area (Å²) in [5.74, 6) is 1.11. The number of imidazole rings is 1. The van der Waals surface area contributed by atoms with Crippen molar-refractivity contribution in [2.45, 2.75) is 52.6 Å². The summed E-state index contributed by atoms with van der Waals surface area (Å²) in [6.07, 6.45) is 0.461. The Labute approximate surface area is 333 Å². The van der Waals surface area contributed by atoms with Gasteiger partial charge in [0.05, 0.1) is 5.69 Å². The van der Waals surface area contributed by atoms with Gasteiger partial charge in [0, 0.05) is 18.5 Å².